The lowest BCUT2D eigenvalue weighted by atomic mass is 10.2. The molecule has 1 N–H and O–H groups in total. The number of benzene rings is 1. The summed E-state index contributed by atoms with van der Waals surface area (Å²) in [5.74, 6) is 6.98. The van der Waals surface area contributed by atoms with E-state index in [9.17, 15) is 0 Å². The molecular weight excluding hydrogens is 290 g/mol. The zero-order valence-electron chi connectivity index (χ0n) is 12.8. The van der Waals surface area contributed by atoms with Crippen molar-refractivity contribution in [2.45, 2.75) is 19.9 Å². The van der Waals surface area contributed by atoms with Crippen LogP contribution >= 0.6 is 11.6 Å². The van der Waals surface area contributed by atoms with Crippen molar-refractivity contribution in [3.05, 3.63) is 22.7 Å². The third kappa shape index (κ3) is 6.26. The molecule has 5 heteroatoms. The van der Waals surface area contributed by atoms with Gasteiger partial charge in [-0.2, -0.15) is 0 Å². The van der Waals surface area contributed by atoms with Crippen molar-refractivity contribution in [3.63, 3.8) is 0 Å². The molecule has 0 aliphatic heterocycles. The van der Waals surface area contributed by atoms with Crippen molar-refractivity contribution < 1.29 is 14.2 Å². The summed E-state index contributed by atoms with van der Waals surface area (Å²) in [6.07, 6.45) is 0.663. The van der Waals surface area contributed by atoms with Gasteiger partial charge in [0.1, 0.15) is 0 Å². The van der Waals surface area contributed by atoms with Gasteiger partial charge in [-0.15, -0.1) is 11.8 Å². The zero-order chi connectivity index (χ0) is 15.5. The SMILES string of the molecule is CC#CCCOc1c(Cl)cc(CNCCOC)cc1OC. The van der Waals surface area contributed by atoms with Crippen molar-refractivity contribution in [2.24, 2.45) is 0 Å². The highest BCUT2D eigenvalue weighted by atomic mass is 35.5. The smallest absolute Gasteiger partial charge is 0.179 e. The minimum absolute atomic E-state index is 0.488. The largest absolute Gasteiger partial charge is 0.493 e. The van der Waals surface area contributed by atoms with Crippen LogP contribution in [-0.2, 0) is 11.3 Å². The molecule has 0 unspecified atom stereocenters. The molecule has 0 aliphatic carbocycles. The Morgan fingerprint density at radius 1 is 1.24 bits per heavy atom. The number of hydrogen-bond acceptors (Lipinski definition) is 4. The lowest BCUT2D eigenvalue weighted by Gasteiger charge is -2.14. The highest BCUT2D eigenvalue weighted by Gasteiger charge is 2.11. The Morgan fingerprint density at radius 2 is 2.05 bits per heavy atom. The van der Waals surface area contributed by atoms with Crippen molar-refractivity contribution in [2.75, 3.05) is 34.0 Å². The van der Waals surface area contributed by atoms with E-state index in [0.29, 0.717) is 42.7 Å². The third-order valence-electron chi connectivity index (χ3n) is 2.75. The minimum Gasteiger partial charge on any atom is -0.493 e. The average molecular weight is 312 g/mol. The van der Waals surface area contributed by atoms with Crippen LogP contribution in [0.4, 0.5) is 0 Å². The first kappa shape index (κ1) is 17.6. The van der Waals surface area contributed by atoms with Crippen LogP contribution in [0.1, 0.15) is 18.9 Å². The van der Waals surface area contributed by atoms with E-state index in [1.807, 2.05) is 12.1 Å². The van der Waals surface area contributed by atoms with E-state index in [1.165, 1.54) is 0 Å². The van der Waals surface area contributed by atoms with Crippen LogP contribution in [0, 0.1) is 11.8 Å². The summed E-state index contributed by atoms with van der Waals surface area (Å²) in [4.78, 5) is 0. The highest BCUT2D eigenvalue weighted by molar-refractivity contribution is 6.32. The fourth-order valence-electron chi connectivity index (χ4n) is 1.75. The molecule has 21 heavy (non-hydrogen) atoms. The number of nitrogens with one attached hydrogen (secondary N) is 1. The summed E-state index contributed by atoms with van der Waals surface area (Å²) in [7, 11) is 3.28. The monoisotopic (exact) mass is 311 g/mol. The summed E-state index contributed by atoms with van der Waals surface area (Å²) < 4.78 is 16.0. The molecule has 1 rings (SSSR count). The average Bonchev–Trinajstić information content (AvgIpc) is 2.49. The summed E-state index contributed by atoms with van der Waals surface area (Å²) in [6, 6.07) is 3.80. The van der Waals surface area contributed by atoms with Gasteiger partial charge in [-0.1, -0.05) is 11.6 Å². The molecule has 1 aromatic rings. The first-order valence-corrected chi connectivity index (χ1v) is 7.19. The van der Waals surface area contributed by atoms with Crippen LogP contribution in [0.2, 0.25) is 5.02 Å². The van der Waals surface area contributed by atoms with Crippen molar-refractivity contribution >= 4 is 11.6 Å². The quantitative estimate of drug-likeness (QED) is 0.562. The third-order valence-corrected chi connectivity index (χ3v) is 3.03. The summed E-state index contributed by atoms with van der Waals surface area (Å²) in [5.41, 5.74) is 1.04. The Kier molecular flexibility index (Phi) is 8.68. The standard InChI is InChI=1S/C16H22ClNO3/c1-4-5-6-8-21-16-14(17)10-13(11-15(16)20-3)12-18-7-9-19-2/h10-11,18H,6-9,12H2,1-3H3. The van der Waals surface area contributed by atoms with Gasteiger partial charge < -0.3 is 19.5 Å². The van der Waals surface area contributed by atoms with E-state index >= 15 is 0 Å². The Labute approximate surface area is 131 Å². The fraction of sp³-hybridized carbons (Fsp3) is 0.500. The number of hydrogen-bond donors (Lipinski definition) is 1. The van der Waals surface area contributed by atoms with Crippen LogP contribution in [0.15, 0.2) is 12.1 Å². The fourth-order valence-corrected chi connectivity index (χ4v) is 2.04. The molecule has 0 radical (unpaired) electrons. The first-order valence-electron chi connectivity index (χ1n) is 6.81. The van der Waals surface area contributed by atoms with Gasteiger partial charge in [0.25, 0.3) is 0 Å². The Bertz CT molecular complexity index is 494. The predicted octanol–water partition coefficient (Wildman–Crippen LogP) is 2.88. The highest BCUT2D eigenvalue weighted by Crippen LogP contribution is 2.36. The molecule has 0 amide bonds. The molecule has 0 aliphatic rings. The molecule has 0 fully saturated rings. The van der Waals surface area contributed by atoms with E-state index < -0.39 is 0 Å². The van der Waals surface area contributed by atoms with E-state index in [0.717, 1.165) is 12.1 Å². The molecule has 4 nitrogen and oxygen atoms in total. The summed E-state index contributed by atoms with van der Waals surface area (Å²) in [6.45, 7) is 4.44. The van der Waals surface area contributed by atoms with Crippen molar-refractivity contribution in [1.29, 1.82) is 0 Å². The molecule has 0 bridgehead atoms. The van der Waals surface area contributed by atoms with Crippen LogP contribution in [0.25, 0.3) is 0 Å². The minimum atomic E-state index is 0.488. The van der Waals surface area contributed by atoms with E-state index in [2.05, 4.69) is 17.2 Å². The van der Waals surface area contributed by atoms with Crippen molar-refractivity contribution in [3.8, 4) is 23.3 Å². The van der Waals surface area contributed by atoms with E-state index in [4.69, 9.17) is 25.8 Å². The molecule has 116 valence electrons. The van der Waals surface area contributed by atoms with Crippen LogP contribution in [0.5, 0.6) is 11.5 Å². The maximum absolute atomic E-state index is 6.27. The zero-order valence-corrected chi connectivity index (χ0v) is 13.5. The van der Waals surface area contributed by atoms with E-state index in [1.54, 1.807) is 21.1 Å². The normalized spacial score (nSPS) is 9.90. The lowest BCUT2D eigenvalue weighted by molar-refractivity contribution is 0.199. The Balaban J connectivity index is 2.69. The van der Waals surface area contributed by atoms with Gasteiger partial charge in [-0.3, -0.25) is 0 Å². The van der Waals surface area contributed by atoms with Crippen LogP contribution in [0.3, 0.4) is 0 Å². The van der Waals surface area contributed by atoms with Gasteiger partial charge in [0.05, 0.1) is 25.3 Å². The first-order chi connectivity index (χ1) is 10.2. The second-order valence-electron chi connectivity index (χ2n) is 4.30. The van der Waals surface area contributed by atoms with Gasteiger partial charge in [-0.25, -0.2) is 0 Å². The molecule has 0 saturated carbocycles. The molecule has 0 aromatic heterocycles. The molecule has 0 spiro atoms. The Hall–Kier alpha value is -1.41. The van der Waals surface area contributed by atoms with Crippen LogP contribution < -0.4 is 14.8 Å². The molecule has 0 heterocycles. The van der Waals surface area contributed by atoms with Gasteiger partial charge in [0.15, 0.2) is 11.5 Å². The van der Waals surface area contributed by atoms with Crippen molar-refractivity contribution in [1.82, 2.24) is 5.32 Å². The number of rotatable bonds is 9. The van der Waals surface area contributed by atoms with E-state index in [-0.39, 0.29) is 0 Å². The Morgan fingerprint density at radius 3 is 2.71 bits per heavy atom. The molecule has 0 saturated heterocycles. The van der Waals surface area contributed by atoms with Gasteiger partial charge >= 0.3 is 0 Å². The second kappa shape index (κ2) is 10.3. The second-order valence-corrected chi connectivity index (χ2v) is 4.71. The maximum Gasteiger partial charge on any atom is 0.179 e. The molecular formula is C16H22ClNO3. The molecule has 1 aromatic carbocycles. The summed E-state index contributed by atoms with van der Waals surface area (Å²) in [5, 5.41) is 3.81. The number of ether oxygens (including phenoxy) is 3. The molecule has 0 atom stereocenters. The van der Waals surface area contributed by atoms with Crippen LogP contribution in [-0.4, -0.2) is 34.0 Å². The number of methoxy groups -OCH3 is 2. The van der Waals surface area contributed by atoms with Gasteiger partial charge in [-0.05, 0) is 24.6 Å². The lowest BCUT2D eigenvalue weighted by Crippen LogP contribution is -2.18. The summed E-state index contributed by atoms with van der Waals surface area (Å²) >= 11 is 6.27. The maximum atomic E-state index is 6.27. The van der Waals surface area contributed by atoms with Gasteiger partial charge in [0, 0.05) is 26.6 Å². The predicted molar refractivity (Wildman–Crippen MR) is 85.1 cm³/mol. The number of halogens is 1. The van der Waals surface area contributed by atoms with Gasteiger partial charge in [0.2, 0.25) is 0 Å². The topological polar surface area (TPSA) is 39.7 Å².